The van der Waals surface area contributed by atoms with E-state index in [9.17, 15) is 9.18 Å². The lowest BCUT2D eigenvalue weighted by molar-refractivity contribution is -0.128. The van der Waals surface area contributed by atoms with Crippen molar-refractivity contribution in [3.05, 3.63) is 64.8 Å². The number of halogens is 2. The van der Waals surface area contributed by atoms with Crippen LogP contribution in [0.1, 0.15) is 23.8 Å². The molecule has 1 amide bonds. The molecule has 0 N–H and O–H groups in total. The number of carbonyl (C=O) groups is 1. The number of aromatic nitrogens is 2. The number of methoxy groups -OCH3 is 1. The van der Waals surface area contributed by atoms with Crippen molar-refractivity contribution in [3.8, 4) is 17.1 Å². The minimum absolute atomic E-state index is 0.00985. The van der Waals surface area contributed by atoms with Gasteiger partial charge in [-0.25, -0.2) is 4.39 Å². The van der Waals surface area contributed by atoms with Crippen molar-refractivity contribution >= 4 is 17.5 Å². The standard InChI is InChI=1S/C20H17ClFN3O3/c1-27-15-4-2-3-12(7-15)10-25-11-14(9-18(25)26)20-23-19(24-28-20)13-5-6-17(22)16(21)8-13/h2-8,14H,9-11H2,1H3. The van der Waals surface area contributed by atoms with Crippen LogP contribution in [0.4, 0.5) is 4.39 Å². The Kier molecular flexibility index (Phi) is 5.00. The molecule has 1 fully saturated rings. The minimum atomic E-state index is -0.510. The van der Waals surface area contributed by atoms with Crippen LogP contribution in [0.3, 0.4) is 0 Å². The first kappa shape index (κ1) is 18.4. The molecule has 1 aliphatic heterocycles. The third-order valence-corrected chi connectivity index (χ3v) is 4.98. The number of rotatable bonds is 5. The molecule has 1 saturated heterocycles. The van der Waals surface area contributed by atoms with Gasteiger partial charge in [0.05, 0.1) is 18.1 Å². The zero-order valence-corrected chi connectivity index (χ0v) is 15.8. The molecule has 1 aliphatic rings. The molecule has 2 aromatic carbocycles. The maximum absolute atomic E-state index is 13.3. The van der Waals surface area contributed by atoms with Gasteiger partial charge in [0, 0.05) is 25.1 Å². The Bertz CT molecular complexity index is 1020. The molecule has 0 aliphatic carbocycles. The maximum Gasteiger partial charge on any atom is 0.232 e. The summed E-state index contributed by atoms with van der Waals surface area (Å²) < 4.78 is 23.9. The van der Waals surface area contributed by atoms with Gasteiger partial charge in [0.15, 0.2) is 0 Å². The van der Waals surface area contributed by atoms with Crippen molar-refractivity contribution in [2.24, 2.45) is 0 Å². The van der Waals surface area contributed by atoms with Gasteiger partial charge in [-0.2, -0.15) is 4.98 Å². The molecule has 144 valence electrons. The smallest absolute Gasteiger partial charge is 0.232 e. The van der Waals surface area contributed by atoms with Crippen LogP contribution in [0.5, 0.6) is 5.75 Å². The lowest BCUT2D eigenvalue weighted by Crippen LogP contribution is -2.24. The van der Waals surface area contributed by atoms with Gasteiger partial charge in [0.2, 0.25) is 17.6 Å². The summed E-state index contributed by atoms with van der Waals surface area (Å²) in [4.78, 5) is 18.6. The molecule has 1 atom stereocenters. The molecule has 0 bridgehead atoms. The molecule has 8 heteroatoms. The zero-order chi connectivity index (χ0) is 19.7. The van der Waals surface area contributed by atoms with Crippen molar-refractivity contribution in [2.45, 2.75) is 18.9 Å². The quantitative estimate of drug-likeness (QED) is 0.645. The number of hydrogen-bond donors (Lipinski definition) is 0. The second-order valence-electron chi connectivity index (χ2n) is 6.61. The fourth-order valence-electron chi connectivity index (χ4n) is 3.24. The molecule has 4 rings (SSSR count). The van der Waals surface area contributed by atoms with Crippen molar-refractivity contribution in [2.75, 3.05) is 13.7 Å². The molecule has 1 aromatic heterocycles. The van der Waals surface area contributed by atoms with Crippen molar-refractivity contribution in [1.82, 2.24) is 15.0 Å². The Labute approximate surface area is 165 Å². The average Bonchev–Trinajstić information content (AvgIpc) is 3.32. The minimum Gasteiger partial charge on any atom is -0.497 e. The van der Waals surface area contributed by atoms with Gasteiger partial charge in [-0.3, -0.25) is 4.79 Å². The highest BCUT2D eigenvalue weighted by Gasteiger charge is 2.34. The summed E-state index contributed by atoms with van der Waals surface area (Å²) in [6.45, 7) is 0.975. The number of ether oxygens (including phenoxy) is 1. The molecule has 1 unspecified atom stereocenters. The molecule has 28 heavy (non-hydrogen) atoms. The van der Waals surface area contributed by atoms with Crippen LogP contribution >= 0.6 is 11.6 Å². The first-order chi connectivity index (χ1) is 13.5. The SMILES string of the molecule is COc1cccc(CN2CC(c3nc(-c4ccc(F)c(Cl)c4)no3)CC2=O)c1. The number of nitrogens with zero attached hydrogens (tertiary/aromatic N) is 3. The van der Waals surface area contributed by atoms with E-state index < -0.39 is 5.82 Å². The number of likely N-dealkylation sites (tertiary alicyclic amines) is 1. The summed E-state index contributed by atoms with van der Waals surface area (Å²) in [7, 11) is 1.61. The molecule has 3 aromatic rings. The van der Waals surface area contributed by atoms with E-state index in [1.165, 1.54) is 18.2 Å². The van der Waals surface area contributed by atoms with E-state index in [2.05, 4.69) is 10.1 Å². The normalized spacial score (nSPS) is 16.6. The molecule has 2 heterocycles. The Morgan fingerprint density at radius 2 is 2.18 bits per heavy atom. The lowest BCUT2D eigenvalue weighted by Gasteiger charge is -2.16. The van der Waals surface area contributed by atoms with Crippen LogP contribution in [0.15, 0.2) is 47.0 Å². The van der Waals surface area contributed by atoms with Gasteiger partial charge in [0.25, 0.3) is 0 Å². The summed E-state index contributed by atoms with van der Waals surface area (Å²) in [5, 5.41) is 3.94. The number of benzene rings is 2. The third kappa shape index (κ3) is 3.71. The Morgan fingerprint density at radius 1 is 1.32 bits per heavy atom. The van der Waals surface area contributed by atoms with Crippen LogP contribution in [-0.2, 0) is 11.3 Å². The lowest BCUT2D eigenvalue weighted by atomic mass is 10.1. The summed E-state index contributed by atoms with van der Waals surface area (Å²) in [5.74, 6) is 0.782. The van der Waals surface area contributed by atoms with Crippen LogP contribution in [0.25, 0.3) is 11.4 Å². The predicted molar refractivity (Wildman–Crippen MR) is 100 cm³/mol. The maximum atomic E-state index is 13.3. The number of carbonyl (C=O) groups excluding carboxylic acids is 1. The van der Waals surface area contributed by atoms with E-state index in [1.54, 1.807) is 12.0 Å². The number of amides is 1. The highest BCUT2D eigenvalue weighted by molar-refractivity contribution is 6.31. The highest BCUT2D eigenvalue weighted by Crippen LogP contribution is 2.30. The van der Waals surface area contributed by atoms with Crippen molar-refractivity contribution < 1.29 is 18.4 Å². The molecule has 0 radical (unpaired) electrons. The second kappa shape index (κ2) is 7.59. The average molecular weight is 402 g/mol. The van der Waals surface area contributed by atoms with Crippen molar-refractivity contribution in [3.63, 3.8) is 0 Å². The van der Waals surface area contributed by atoms with E-state index in [0.717, 1.165) is 11.3 Å². The summed E-state index contributed by atoms with van der Waals surface area (Å²) in [5.41, 5.74) is 1.54. The summed E-state index contributed by atoms with van der Waals surface area (Å²) >= 11 is 5.81. The molecule has 0 saturated carbocycles. The van der Waals surface area contributed by atoms with E-state index >= 15 is 0 Å². The Balaban J connectivity index is 1.48. The van der Waals surface area contributed by atoms with Gasteiger partial charge in [0.1, 0.15) is 11.6 Å². The Morgan fingerprint density at radius 3 is 2.96 bits per heavy atom. The third-order valence-electron chi connectivity index (χ3n) is 4.69. The van der Waals surface area contributed by atoms with Crippen LogP contribution < -0.4 is 4.74 Å². The van der Waals surface area contributed by atoms with Gasteiger partial charge in [-0.1, -0.05) is 28.9 Å². The fourth-order valence-corrected chi connectivity index (χ4v) is 3.42. The fraction of sp³-hybridized carbons (Fsp3) is 0.250. The predicted octanol–water partition coefficient (Wildman–Crippen LogP) is 4.05. The first-order valence-corrected chi connectivity index (χ1v) is 9.11. The molecular formula is C20H17ClFN3O3. The van der Waals surface area contributed by atoms with Gasteiger partial charge >= 0.3 is 0 Å². The van der Waals surface area contributed by atoms with Gasteiger partial charge in [-0.05, 0) is 35.9 Å². The van der Waals surface area contributed by atoms with E-state index in [0.29, 0.717) is 36.8 Å². The number of hydrogen-bond acceptors (Lipinski definition) is 5. The van der Waals surface area contributed by atoms with Crippen LogP contribution in [0.2, 0.25) is 5.02 Å². The summed E-state index contributed by atoms with van der Waals surface area (Å²) in [6, 6.07) is 11.8. The van der Waals surface area contributed by atoms with Gasteiger partial charge < -0.3 is 14.2 Å². The van der Waals surface area contributed by atoms with Gasteiger partial charge in [-0.15, -0.1) is 0 Å². The van der Waals surface area contributed by atoms with Crippen LogP contribution in [-0.4, -0.2) is 34.6 Å². The largest absolute Gasteiger partial charge is 0.497 e. The van der Waals surface area contributed by atoms with Crippen LogP contribution in [0, 0.1) is 5.82 Å². The topological polar surface area (TPSA) is 68.5 Å². The van der Waals surface area contributed by atoms with Crippen molar-refractivity contribution in [1.29, 1.82) is 0 Å². The second-order valence-corrected chi connectivity index (χ2v) is 7.02. The summed E-state index contributed by atoms with van der Waals surface area (Å²) in [6.07, 6.45) is 0.301. The van der Waals surface area contributed by atoms with E-state index in [4.69, 9.17) is 20.9 Å². The zero-order valence-electron chi connectivity index (χ0n) is 15.1. The molecule has 6 nitrogen and oxygen atoms in total. The first-order valence-electron chi connectivity index (χ1n) is 8.73. The highest BCUT2D eigenvalue weighted by atomic mass is 35.5. The molecule has 0 spiro atoms. The molecular weight excluding hydrogens is 385 g/mol. The Hall–Kier alpha value is -2.93. The van der Waals surface area contributed by atoms with E-state index in [1.807, 2.05) is 24.3 Å². The van der Waals surface area contributed by atoms with E-state index in [-0.39, 0.29) is 16.8 Å². The monoisotopic (exact) mass is 401 g/mol.